The first-order valence-electron chi connectivity index (χ1n) is 6.61. The summed E-state index contributed by atoms with van der Waals surface area (Å²) >= 11 is 1.34. The minimum absolute atomic E-state index is 0.134. The molecule has 1 heterocycles. The monoisotopic (exact) mass is 332 g/mol. The number of carbonyl (C=O) groups excluding carboxylic acids is 1. The van der Waals surface area contributed by atoms with Crippen molar-refractivity contribution in [1.29, 1.82) is 0 Å². The summed E-state index contributed by atoms with van der Waals surface area (Å²) < 4.78 is 31.9. The summed E-state index contributed by atoms with van der Waals surface area (Å²) in [7, 11) is 0. The normalized spacial score (nSPS) is 10.6. The van der Waals surface area contributed by atoms with Crippen LogP contribution in [0.15, 0.2) is 42.5 Å². The molecule has 0 spiro atoms. The van der Waals surface area contributed by atoms with E-state index in [-0.39, 0.29) is 11.3 Å². The molecule has 3 aromatic rings. The molecule has 2 aromatic carbocycles. The van der Waals surface area contributed by atoms with E-state index in [2.05, 4.69) is 10.2 Å². The van der Waals surface area contributed by atoms with Crippen LogP contribution in [0.4, 0.5) is 8.78 Å². The molecule has 0 radical (unpaired) electrons. The fourth-order valence-corrected chi connectivity index (χ4v) is 2.56. The van der Waals surface area contributed by atoms with Crippen LogP contribution in [0.25, 0.3) is 10.6 Å². The van der Waals surface area contributed by atoms with E-state index >= 15 is 0 Å². The lowest BCUT2D eigenvalue weighted by Crippen LogP contribution is -2.09. The Morgan fingerprint density at radius 1 is 1.09 bits per heavy atom. The average Bonchev–Trinajstić information content (AvgIpc) is 2.96. The van der Waals surface area contributed by atoms with Gasteiger partial charge in [0.2, 0.25) is 0 Å². The molecule has 0 fully saturated rings. The number of rotatable bonds is 3. The fraction of sp³-hybridized carbons (Fsp3) is 0.0625. The number of hydrogen-bond donors (Lipinski definition) is 0. The van der Waals surface area contributed by atoms with Gasteiger partial charge in [-0.2, -0.15) is 0 Å². The van der Waals surface area contributed by atoms with Crippen LogP contribution >= 0.6 is 11.3 Å². The molecule has 1 aromatic heterocycles. The van der Waals surface area contributed by atoms with Gasteiger partial charge in [0.15, 0.2) is 11.6 Å². The molecule has 0 amide bonds. The molecule has 0 unspecified atom stereocenters. The number of ether oxygens (including phenoxy) is 1. The third-order valence-corrected chi connectivity index (χ3v) is 3.88. The average molecular weight is 332 g/mol. The molecule has 0 aliphatic carbocycles. The molecule has 0 aliphatic rings. The molecule has 0 bridgehead atoms. The molecule has 0 atom stereocenters. The Labute approximate surface area is 134 Å². The molecule has 0 saturated carbocycles. The fourth-order valence-electron chi connectivity index (χ4n) is 1.87. The van der Waals surface area contributed by atoms with Crippen molar-refractivity contribution in [3.63, 3.8) is 0 Å². The summed E-state index contributed by atoms with van der Waals surface area (Å²) in [5.74, 6) is -2.12. The molecule has 23 heavy (non-hydrogen) atoms. The molecule has 4 nitrogen and oxygen atoms in total. The van der Waals surface area contributed by atoms with Gasteiger partial charge in [0, 0.05) is 5.56 Å². The number of benzene rings is 2. The maximum Gasteiger partial charge on any atom is 0.343 e. The number of esters is 1. The van der Waals surface area contributed by atoms with Gasteiger partial charge in [0.25, 0.3) is 0 Å². The highest BCUT2D eigenvalue weighted by Gasteiger charge is 2.14. The Bertz CT molecular complexity index is 863. The van der Waals surface area contributed by atoms with Crippen molar-refractivity contribution in [3.05, 3.63) is 64.7 Å². The van der Waals surface area contributed by atoms with Crippen molar-refractivity contribution in [3.8, 4) is 16.3 Å². The highest BCUT2D eigenvalue weighted by molar-refractivity contribution is 7.14. The number of aryl methyl sites for hydroxylation is 1. The molecule has 0 aliphatic heterocycles. The first kappa shape index (κ1) is 15.2. The Balaban J connectivity index is 1.81. The number of aromatic nitrogens is 2. The molecular formula is C16H10F2N2O2S. The number of carbonyl (C=O) groups is 1. The summed E-state index contributed by atoms with van der Waals surface area (Å²) in [6.45, 7) is 1.80. The van der Waals surface area contributed by atoms with E-state index < -0.39 is 17.6 Å². The highest BCUT2D eigenvalue weighted by atomic mass is 32.1. The predicted molar refractivity (Wildman–Crippen MR) is 81.4 cm³/mol. The van der Waals surface area contributed by atoms with Crippen LogP contribution in [-0.4, -0.2) is 16.2 Å². The van der Waals surface area contributed by atoms with Gasteiger partial charge in [0.1, 0.15) is 15.8 Å². The summed E-state index contributed by atoms with van der Waals surface area (Å²) in [6.07, 6.45) is 0. The van der Waals surface area contributed by atoms with Gasteiger partial charge in [-0.3, -0.25) is 0 Å². The predicted octanol–water partition coefficient (Wildman–Crippen LogP) is 4.01. The summed E-state index contributed by atoms with van der Waals surface area (Å²) in [5, 5.41) is 9.15. The van der Waals surface area contributed by atoms with Gasteiger partial charge in [-0.05, 0) is 49.4 Å². The van der Waals surface area contributed by atoms with E-state index in [4.69, 9.17) is 4.74 Å². The van der Waals surface area contributed by atoms with Crippen molar-refractivity contribution in [2.75, 3.05) is 0 Å². The molecular weight excluding hydrogens is 322 g/mol. The van der Waals surface area contributed by atoms with Gasteiger partial charge in [-0.25, -0.2) is 13.6 Å². The summed E-state index contributed by atoms with van der Waals surface area (Å²) in [6, 6.07) is 8.98. The van der Waals surface area contributed by atoms with Gasteiger partial charge in [-0.15, -0.1) is 10.2 Å². The van der Waals surface area contributed by atoms with Crippen molar-refractivity contribution in [2.24, 2.45) is 0 Å². The summed E-state index contributed by atoms with van der Waals surface area (Å²) in [5.41, 5.74) is 0.685. The zero-order valence-corrected chi connectivity index (χ0v) is 12.7. The molecule has 116 valence electrons. The van der Waals surface area contributed by atoms with Crippen LogP contribution in [0, 0.1) is 18.6 Å². The van der Waals surface area contributed by atoms with E-state index in [1.807, 2.05) is 0 Å². The van der Waals surface area contributed by atoms with Gasteiger partial charge >= 0.3 is 5.97 Å². The third-order valence-electron chi connectivity index (χ3n) is 2.99. The Morgan fingerprint density at radius 2 is 1.83 bits per heavy atom. The van der Waals surface area contributed by atoms with Gasteiger partial charge < -0.3 is 4.74 Å². The molecule has 3 rings (SSSR count). The van der Waals surface area contributed by atoms with Crippen LogP contribution in [0.1, 0.15) is 15.4 Å². The standard InChI is InChI=1S/C16H10F2N2O2S/c1-9-19-20-15(23-9)11-4-7-14(13(18)8-11)22-16(21)10-2-5-12(17)6-3-10/h2-8H,1H3. The van der Waals surface area contributed by atoms with Crippen LogP contribution < -0.4 is 4.74 Å². The van der Waals surface area contributed by atoms with Crippen LogP contribution in [0.2, 0.25) is 0 Å². The SMILES string of the molecule is Cc1nnc(-c2ccc(OC(=O)c3ccc(F)cc3)c(F)c2)s1. The second-order valence-electron chi connectivity index (χ2n) is 4.67. The number of hydrogen-bond acceptors (Lipinski definition) is 5. The third kappa shape index (κ3) is 3.40. The largest absolute Gasteiger partial charge is 0.420 e. The number of halogens is 2. The Morgan fingerprint density at radius 3 is 2.43 bits per heavy atom. The van der Waals surface area contributed by atoms with Crippen LogP contribution in [-0.2, 0) is 0 Å². The first-order chi connectivity index (χ1) is 11.0. The van der Waals surface area contributed by atoms with Crippen LogP contribution in [0.3, 0.4) is 0 Å². The van der Waals surface area contributed by atoms with Crippen molar-refractivity contribution < 1.29 is 18.3 Å². The molecule has 7 heteroatoms. The lowest BCUT2D eigenvalue weighted by atomic mass is 10.2. The Kier molecular flexibility index (Phi) is 4.12. The zero-order chi connectivity index (χ0) is 16.4. The number of nitrogens with zero attached hydrogens (tertiary/aromatic N) is 2. The second kappa shape index (κ2) is 6.21. The lowest BCUT2D eigenvalue weighted by Gasteiger charge is -2.06. The van der Waals surface area contributed by atoms with Gasteiger partial charge in [-0.1, -0.05) is 11.3 Å². The maximum atomic E-state index is 14.1. The van der Waals surface area contributed by atoms with E-state index in [0.717, 1.165) is 17.1 Å². The molecule has 0 saturated heterocycles. The zero-order valence-electron chi connectivity index (χ0n) is 11.9. The van der Waals surface area contributed by atoms with Crippen molar-refractivity contribution in [1.82, 2.24) is 10.2 Å². The summed E-state index contributed by atoms with van der Waals surface area (Å²) in [4.78, 5) is 11.9. The van der Waals surface area contributed by atoms with E-state index in [9.17, 15) is 13.6 Å². The smallest absolute Gasteiger partial charge is 0.343 e. The van der Waals surface area contributed by atoms with E-state index in [1.54, 1.807) is 13.0 Å². The minimum Gasteiger partial charge on any atom is -0.420 e. The van der Waals surface area contributed by atoms with Crippen LogP contribution in [0.5, 0.6) is 5.75 Å². The van der Waals surface area contributed by atoms with Gasteiger partial charge in [0.05, 0.1) is 5.56 Å². The maximum absolute atomic E-state index is 14.1. The van der Waals surface area contributed by atoms with E-state index in [0.29, 0.717) is 10.6 Å². The second-order valence-corrected chi connectivity index (χ2v) is 5.85. The van der Waals surface area contributed by atoms with E-state index in [1.165, 1.54) is 35.6 Å². The minimum atomic E-state index is -0.761. The molecule has 0 N–H and O–H groups in total. The van der Waals surface area contributed by atoms with Crippen molar-refractivity contribution >= 4 is 17.3 Å². The highest BCUT2D eigenvalue weighted by Crippen LogP contribution is 2.28. The topological polar surface area (TPSA) is 52.1 Å². The Hall–Kier alpha value is -2.67. The quantitative estimate of drug-likeness (QED) is 0.537. The lowest BCUT2D eigenvalue weighted by molar-refractivity contribution is 0.0728. The first-order valence-corrected chi connectivity index (χ1v) is 7.42. The van der Waals surface area contributed by atoms with Crippen molar-refractivity contribution in [2.45, 2.75) is 6.92 Å².